The maximum absolute atomic E-state index is 13.7. The molecule has 1 aliphatic rings. The predicted molar refractivity (Wildman–Crippen MR) is 67.3 cm³/mol. The van der Waals surface area contributed by atoms with Crippen molar-refractivity contribution in [3.8, 4) is 5.75 Å². The highest BCUT2D eigenvalue weighted by Gasteiger charge is 2.23. The summed E-state index contributed by atoms with van der Waals surface area (Å²) in [6.45, 7) is 3.74. The molecule has 0 aliphatic heterocycles. The van der Waals surface area contributed by atoms with E-state index in [2.05, 4.69) is 10.6 Å². The molecule has 5 heteroatoms. The number of carbonyl (C=O) groups excluding carboxylic acids is 1. The van der Waals surface area contributed by atoms with Gasteiger partial charge in [-0.1, -0.05) is 0 Å². The zero-order chi connectivity index (χ0) is 13.1. The summed E-state index contributed by atoms with van der Waals surface area (Å²) >= 11 is 0. The van der Waals surface area contributed by atoms with Crippen LogP contribution in [0.3, 0.4) is 0 Å². The molecule has 0 aromatic heterocycles. The Morgan fingerprint density at radius 3 is 2.72 bits per heavy atom. The van der Waals surface area contributed by atoms with Gasteiger partial charge in [-0.05, 0) is 38.8 Å². The van der Waals surface area contributed by atoms with E-state index in [1.807, 2.05) is 13.8 Å². The van der Waals surface area contributed by atoms with Crippen LogP contribution in [0.25, 0.3) is 0 Å². The molecule has 0 atom stereocenters. The van der Waals surface area contributed by atoms with Crippen LogP contribution in [0.1, 0.15) is 26.7 Å². The van der Waals surface area contributed by atoms with Crippen LogP contribution in [-0.2, 0) is 0 Å². The van der Waals surface area contributed by atoms with E-state index in [0.717, 1.165) is 12.8 Å². The standard InChI is InChI=1S/C13H17FN2O2/c1-8(2)18-10-5-6-12(11(14)7-10)16-13(17)15-9-3-4-9/h5-9H,3-4H2,1-2H3,(H2,15,16,17). The van der Waals surface area contributed by atoms with E-state index in [-0.39, 0.29) is 23.9 Å². The smallest absolute Gasteiger partial charge is 0.319 e. The molecule has 18 heavy (non-hydrogen) atoms. The van der Waals surface area contributed by atoms with E-state index in [0.29, 0.717) is 5.75 Å². The lowest BCUT2D eigenvalue weighted by Crippen LogP contribution is -2.30. The summed E-state index contributed by atoms with van der Waals surface area (Å²) in [6.07, 6.45) is 1.98. The van der Waals surface area contributed by atoms with Crippen LogP contribution in [0.4, 0.5) is 14.9 Å². The molecular weight excluding hydrogens is 235 g/mol. The summed E-state index contributed by atoms with van der Waals surface area (Å²) in [5, 5.41) is 5.21. The number of benzene rings is 1. The first-order valence-electron chi connectivity index (χ1n) is 6.08. The first-order chi connectivity index (χ1) is 8.54. The minimum atomic E-state index is -0.501. The summed E-state index contributed by atoms with van der Waals surface area (Å²) < 4.78 is 19.1. The lowest BCUT2D eigenvalue weighted by atomic mass is 10.3. The zero-order valence-corrected chi connectivity index (χ0v) is 10.5. The van der Waals surface area contributed by atoms with Crippen LogP contribution in [0, 0.1) is 5.82 Å². The van der Waals surface area contributed by atoms with Gasteiger partial charge in [-0.25, -0.2) is 9.18 Å². The van der Waals surface area contributed by atoms with Crippen LogP contribution < -0.4 is 15.4 Å². The topological polar surface area (TPSA) is 50.4 Å². The summed E-state index contributed by atoms with van der Waals surface area (Å²) in [4.78, 5) is 11.5. The van der Waals surface area contributed by atoms with Gasteiger partial charge in [0.1, 0.15) is 11.6 Å². The van der Waals surface area contributed by atoms with Crippen molar-refractivity contribution in [2.45, 2.75) is 38.8 Å². The highest BCUT2D eigenvalue weighted by atomic mass is 19.1. The van der Waals surface area contributed by atoms with Crippen molar-refractivity contribution in [1.82, 2.24) is 5.32 Å². The van der Waals surface area contributed by atoms with Gasteiger partial charge >= 0.3 is 6.03 Å². The summed E-state index contributed by atoms with van der Waals surface area (Å²) in [5.41, 5.74) is 0.157. The Kier molecular flexibility index (Phi) is 3.69. The molecule has 1 aromatic carbocycles. The van der Waals surface area contributed by atoms with Crippen molar-refractivity contribution in [2.24, 2.45) is 0 Å². The Morgan fingerprint density at radius 2 is 2.17 bits per heavy atom. The molecule has 1 fully saturated rings. The lowest BCUT2D eigenvalue weighted by molar-refractivity contribution is 0.241. The number of nitrogens with one attached hydrogen (secondary N) is 2. The van der Waals surface area contributed by atoms with Gasteiger partial charge in [0.05, 0.1) is 11.8 Å². The Balaban J connectivity index is 1.97. The summed E-state index contributed by atoms with van der Waals surface area (Å²) in [5.74, 6) is -0.0465. The number of ether oxygens (including phenoxy) is 1. The maximum Gasteiger partial charge on any atom is 0.319 e. The van der Waals surface area contributed by atoms with Crippen LogP contribution in [0.2, 0.25) is 0 Å². The monoisotopic (exact) mass is 252 g/mol. The first-order valence-corrected chi connectivity index (χ1v) is 6.08. The zero-order valence-electron chi connectivity index (χ0n) is 10.5. The van der Waals surface area contributed by atoms with Crippen molar-refractivity contribution in [3.63, 3.8) is 0 Å². The summed E-state index contributed by atoms with van der Waals surface area (Å²) in [6, 6.07) is 4.28. The number of urea groups is 1. The van der Waals surface area contributed by atoms with Crippen LogP contribution in [-0.4, -0.2) is 18.2 Å². The average molecular weight is 252 g/mol. The third kappa shape index (κ3) is 3.61. The molecule has 0 radical (unpaired) electrons. The normalized spacial score (nSPS) is 14.4. The quantitative estimate of drug-likeness (QED) is 0.865. The fraction of sp³-hybridized carbons (Fsp3) is 0.462. The molecule has 1 saturated carbocycles. The first kappa shape index (κ1) is 12.7. The Morgan fingerprint density at radius 1 is 1.44 bits per heavy atom. The number of carbonyl (C=O) groups is 1. The molecule has 4 nitrogen and oxygen atoms in total. The molecule has 2 rings (SSSR count). The van der Waals surface area contributed by atoms with Gasteiger partial charge in [0, 0.05) is 12.1 Å². The molecule has 0 heterocycles. The average Bonchev–Trinajstić information content (AvgIpc) is 3.05. The Bertz CT molecular complexity index is 445. The lowest BCUT2D eigenvalue weighted by Gasteiger charge is -2.12. The van der Waals surface area contributed by atoms with Gasteiger partial charge in [0.15, 0.2) is 0 Å². The van der Waals surface area contributed by atoms with Crippen LogP contribution in [0.15, 0.2) is 18.2 Å². The second-order valence-corrected chi connectivity index (χ2v) is 4.68. The molecule has 1 aromatic rings. The fourth-order valence-electron chi connectivity index (χ4n) is 1.51. The maximum atomic E-state index is 13.7. The van der Waals surface area contributed by atoms with Gasteiger partial charge in [0.2, 0.25) is 0 Å². The Hall–Kier alpha value is -1.78. The molecule has 0 bridgehead atoms. The van der Waals surface area contributed by atoms with Gasteiger partial charge in [-0.2, -0.15) is 0 Å². The number of anilines is 1. The predicted octanol–water partition coefficient (Wildman–Crippen LogP) is 2.90. The molecule has 0 spiro atoms. The number of hydrogen-bond donors (Lipinski definition) is 2. The molecule has 0 unspecified atom stereocenters. The molecule has 2 N–H and O–H groups in total. The van der Waals surface area contributed by atoms with Crippen molar-refractivity contribution >= 4 is 11.7 Å². The van der Waals surface area contributed by atoms with E-state index >= 15 is 0 Å². The van der Waals surface area contributed by atoms with E-state index in [4.69, 9.17) is 4.74 Å². The molecular formula is C13H17FN2O2. The number of amides is 2. The SMILES string of the molecule is CC(C)Oc1ccc(NC(=O)NC2CC2)c(F)c1. The number of halogens is 1. The fourth-order valence-corrected chi connectivity index (χ4v) is 1.51. The molecule has 98 valence electrons. The van der Waals surface area contributed by atoms with Gasteiger partial charge < -0.3 is 15.4 Å². The van der Waals surface area contributed by atoms with Gasteiger partial charge in [-0.15, -0.1) is 0 Å². The van der Waals surface area contributed by atoms with Crippen molar-refractivity contribution in [1.29, 1.82) is 0 Å². The van der Waals surface area contributed by atoms with E-state index in [1.165, 1.54) is 12.1 Å². The Labute approximate surface area is 106 Å². The van der Waals surface area contributed by atoms with Crippen molar-refractivity contribution in [2.75, 3.05) is 5.32 Å². The molecule has 1 aliphatic carbocycles. The minimum Gasteiger partial charge on any atom is -0.491 e. The highest BCUT2D eigenvalue weighted by molar-refractivity contribution is 5.89. The second kappa shape index (κ2) is 5.25. The third-order valence-electron chi connectivity index (χ3n) is 2.47. The van der Waals surface area contributed by atoms with Crippen LogP contribution in [0.5, 0.6) is 5.75 Å². The van der Waals surface area contributed by atoms with E-state index in [9.17, 15) is 9.18 Å². The van der Waals surface area contributed by atoms with Crippen molar-refractivity contribution in [3.05, 3.63) is 24.0 Å². The minimum absolute atomic E-state index is 0.0126. The largest absolute Gasteiger partial charge is 0.491 e. The highest BCUT2D eigenvalue weighted by Crippen LogP contribution is 2.22. The molecule has 0 saturated heterocycles. The van der Waals surface area contributed by atoms with E-state index < -0.39 is 5.82 Å². The number of rotatable bonds is 4. The van der Waals surface area contributed by atoms with Gasteiger partial charge in [-0.3, -0.25) is 0 Å². The van der Waals surface area contributed by atoms with Crippen molar-refractivity contribution < 1.29 is 13.9 Å². The molecule has 2 amide bonds. The van der Waals surface area contributed by atoms with Gasteiger partial charge in [0.25, 0.3) is 0 Å². The second-order valence-electron chi connectivity index (χ2n) is 4.68. The number of hydrogen-bond acceptors (Lipinski definition) is 2. The summed E-state index contributed by atoms with van der Waals surface area (Å²) in [7, 11) is 0. The van der Waals surface area contributed by atoms with E-state index in [1.54, 1.807) is 6.07 Å². The van der Waals surface area contributed by atoms with Crippen LogP contribution >= 0.6 is 0 Å². The third-order valence-corrected chi connectivity index (χ3v) is 2.47.